The number of ether oxygens (including phenoxy) is 1. The van der Waals surface area contributed by atoms with Gasteiger partial charge in [-0.1, -0.05) is 19.3 Å². The van der Waals surface area contributed by atoms with Crippen LogP contribution < -0.4 is 9.46 Å². The van der Waals surface area contributed by atoms with Crippen LogP contribution in [0.5, 0.6) is 5.75 Å². The van der Waals surface area contributed by atoms with Gasteiger partial charge in [0.1, 0.15) is 5.75 Å². The summed E-state index contributed by atoms with van der Waals surface area (Å²) in [7, 11) is 0. The van der Waals surface area contributed by atoms with Crippen LogP contribution in [0.1, 0.15) is 39.0 Å². The molecule has 1 aliphatic carbocycles. The van der Waals surface area contributed by atoms with Gasteiger partial charge in [0.05, 0.1) is 16.8 Å². The fourth-order valence-corrected chi connectivity index (χ4v) is 4.49. The SMILES string of the molecule is CCOc1ccc2nc(SNC3CCCCC3)sc2c1. The highest BCUT2D eigenvalue weighted by atomic mass is 32.2. The van der Waals surface area contributed by atoms with E-state index in [1.165, 1.54) is 36.8 Å². The minimum atomic E-state index is 0.653. The molecule has 1 heterocycles. The molecular weight excluding hydrogens is 288 g/mol. The van der Waals surface area contributed by atoms with Crippen molar-refractivity contribution in [3.8, 4) is 5.75 Å². The second kappa shape index (κ2) is 6.78. The van der Waals surface area contributed by atoms with Crippen molar-refractivity contribution in [3.63, 3.8) is 0 Å². The van der Waals surface area contributed by atoms with Crippen molar-refractivity contribution in [2.24, 2.45) is 0 Å². The first-order valence-corrected chi connectivity index (χ1v) is 8.94. The molecule has 1 saturated carbocycles. The van der Waals surface area contributed by atoms with Crippen LogP contribution in [0.2, 0.25) is 0 Å². The minimum Gasteiger partial charge on any atom is -0.494 e. The number of nitrogens with zero attached hydrogens (tertiary/aromatic N) is 1. The van der Waals surface area contributed by atoms with Gasteiger partial charge in [-0.2, -0.15) is 0 Å². The van der Waals surface area contributed by atoms with E-state index in [2.05, 4.69) is 15.8 Å². The molecular formula is C15H20N2OS2. The highest BCUT2D eigenvalue weighted by Crippen LogP contribution is 2.31. The monoisotopic (exact) mass is 308 g/mol. The molecule has 0 unspecified atom stereocenters. The van der Waals surface area contributed by atoms with Crippen LogP contribution >= 0.6 is 23.3 Å². The molecule has 5 heteroatoms. The Labute approximate surface area is 128 Å². The third-order valence-electron chi connectivity index (χ3n) is 3.57. The molecule has 0 atom stereocenters. The average molecular weight is 308 g/mol. The van der Waals surface area contributed by atoms with Gasteiger partial charge in [0.2, 0.25) is 0 Å². The third kappa shape index (κ3) is 3.45. The fourth-order valence-electron chi connectivity index (χ4n) is 2.54. The van der Waals surface area contributed by atoms with Crippen molar-refractivity contribution in [1.82, 2.24) is 9.71 Å². The van der Waals surface area contributed by atoms with E-state index < -0.39 is 0 Å². The standard InChI is InChI=1S/C15H20N2OS2/c1-2-18-12-8-9-13-14(10-12)19-15(16-13)20-17-11-6-4-3-5-7-11/h8-11,17H,2-7H2,1H3. The summed E-state index contributed by atoms with van der Waals surface area (Å²) >= 11 is 3.42. The van der Waals surface area contributed by atoms with Crippen LogP contribution in [-0.4, -0.2) is 17.6 Å². The number of benzene rings is 1. The Balaban J connectivity index is 1.65. The summed E-state index contributed by atoms with van der Waals surface area (Å²) in [5.74, 6) is 0.931. The molecule has 108 valence electrons. The van der Waals surface area contributed by atoms with Gasteiger partial charge in [-0.25, -0.2) is 4.98 Å². The van der Waals surface area contributed by atoms with Gasteiger partial charge in [-0.05, 0) is 49.9 Å². The molecule has 0 amide bonds. The molecule has 3 rings (SSSR count). The predicted molar refractivity (Wildman–Crippen MR) is 86.7 cm³/mol. The zero-order chi connectivity index (χ0) is 13.8. The van der Waals surface area contributed by atoms with Gasteiger partial charge in [0.25, 0.3) is 0 Å². The van der Waals surface area contributed by atoms with Crippen LogP contribution in [0.3, 0.4) is 0 Å². The zero-order valence-electron chi connectivity index (χ0n) is 11.7. The average Bonchev–Trinajstić information content (AvgIpc) is 2.89. The van der Waals surface area contributed by atoms with E-state index >= 15 is 0 Å². The number of rotatable bonds is 5. The maximum absolute atomic E-state index is 5.53. The summed E-state index contributed by atoms with van der Waals surface area (Å²) in [5.41, 5.74) is 1.06. The lowest BCUT2D eigenvalue weighted by molar-refractivity contribution is 0.341. The molecule has 20 heavy (non-hydrogen) atoms. The van der Waals surface area contributed by atoms with E-state index in [9.17, 15) is 0 Å². The Morgan fingerprint density at radius 2 is 2.20 bits per heavy atom. The van der Waals surface area contributed by atoms with Crippen LogP contribution in [0.4, 0.5) is 0 Å². The summed E-state index contributed by atoms with van der Waals surface area (Å²) in [6.07, 6.45) is 6.70. The van der Waals surface area contributed by atoms with Crippen molar-refractivity contribution < 1.29 is 4.74 Å². The van der Waals surface area contributed by atoms with Gasteiger partial charge in [-0.15, -0.1) is 11.3 Å². The summed E-state index contributed by atoms with van der Waals surface area (Å²) in [6, 6.07) is 6.77. The van der Waals surface area contributed by atoms with E-state index in [1.807, 2.05) is 19.1 Å². The zero-order valence-corrected chi connectivity index (χ0v) is 13.4. The van der Waals surface area contributed by atoms with Gasteiger partial charge >= 0.3 is 0 Å². The maximum atomic E-state index is 5.53. The number of aromatic nitrogens is 1. The molecule has 0 saturated heterocycles. The van der Waals surface area contributed by atoms with Crippen molar-refractivity contribution in [2.45, 2.75) is 49.4 Å². The van der Waals surface area contributed by atoms with Crippen molar-refractivity contribution in [2.75, 3.05) is 6.61 Å². The number of thiazole rings is 1. The summed E-state index contributed by atoms with van der Waals surface area (Å²) in [6.45, 7) is 2.71. The molecule has 0 radical (unpaired) electrons. The van der Waals surface area contributed by atoms with E-state index in [-0.39, 0.29) is 0 Å². The lowest BCUT2D eigenvalue weighted by Crippen LogP contribution is -2.25. The van der Waals surface area contributed by atoms with Crippen LogP contribution in [-0.2, 0) is 0 Å². The normalized spacial score (nSPS) is 16.6. The van der Waals surface area contributed by atoms with Crippen molar-refractivity contribution in [3.05, 3.63) is 18.2 Å². The molecule has 2 aromatic rings. The van der Waals surface area contributed by atoms with E-state index in [0.29, 0.717) is 12.6 Å². The lowest BCUT2D eigenvalue weighted by atomic mass is 9.96. The van der Waals surface area contributed by atoms with Crippen LogP contribution in [0, 0.1) is 0 Å². The predicted octanol–water partition coefficient (Wildman–Crippen LogP) is 4.62. The molecule has 3 nitrogen and oxygen atoms in total. The molecule has 1 aromatic heterocycles. The summed E-state index contributed by atoms with van der Waals surface area (Å²) < 4.78 is 11.4. The Morgan fingerprint density at radius 1 is 1.35 bits per heavy atom. The Hall–Kier alpha value is -0.780. The van der Waals surface area contributed by atoms with Gasteiger partial charge in [0.15, 0.2) is 4.34 Å². The topological polar surface area (TPSA) is 34.1 Å². The first-order chi connectivity index (χ1) is 9.85. The first-order valence-electron chi connectivity index (χ1n) is 7.31. The quantitative estimate of drug-likeness (QED) is 0.817. The number of hydrogen-bond acceptors (Lipinski definition) is 5. The minimum absolute atomic E-state index is 0.653. The largest absolute Gasteiger partial charge is 0.494 e. The van der Waals surface area contributed by atoms with E-state index in [4.69, 9.17) is 4.74 Å². The summed E-state index contributed by atoms with van der Waals surface area (Å²) in [5, 5.41) is 0. The summed E-state index contributed by atoms with van der Waals surface area (Å²) in [4.78, 5) is 4.66. The Kier molecular flexibility index (Phi) is 4.81. The number of fused-ring (bicyclic) bond motifs is 1. The Morgan fingerprint density at radius 3 is 3.00 bits per heavy atom. The molecule has 0 spiro atoms. The number of hydrogen-bond donors (Lipinski definition) is 1. The molecule has 1 aromatic carbocycles. The Bertz CT molecular complexity index is 564. The lowest BCUT2D eigenvalue weighted by Gasteiger charge is -2.21. The molecule has 1 N–H and O–H groups in total. The number of nitrogens with one attached hydrogen (secondary N) is 1. The second-order valence-electron chi connectivity index (χ2n) is 5.10. The van der Waals surface area contributed by atoms with Gasteiger partial charge in [0, 0.05) is 6.04 Å². The molecule has 0 aliphatic heterocycles. The van der Waals surface area contributed by atoms with E-state index in [1.54, 1.807) is 23.3 Å². The van der Waals surface area contributed by atoms with E-state index in [0.717, 1.165) is 15.6 Å². The van der Waals surface area contributed by atoms with Crippen LogP contribution in [0.25, 0.3) is 10.2 Å². The second-order valence-corrected chi connectivity index (χ2v) is 7.21. The molecule has 1 fully saturated rings. The van der Waals surface area contributed by atoms with Crippen molar-refractivity contribution in [1.29, 1.82) is 0 Å². The third-order valence-corrected chi connectivity index (χ3v) is 5.60. The van der Waals surface area contributed by atoms with Gasteiger partial charge in [-0.3, -0.25) is 4.72 Å². The highest BCUT2D eigenvalue weighted by molar-refractivity contribution is 7.99. The molecule has 0 bridgehead atoms. The highest BCUT2D eigenvalue weighted by Gasteiger charge is 2.14. The van der Waals surface area contributed by atoms with Crippen molar-refractivity contribution >= 4 is 33.5 Å². The fraction of sp³-hybridized carbons (Fsp3) is 0.533. The molecule has 1 aliphatic rings. The van der Waals surface area contributed by atoms with Gasteiger partial charge < -0.3 is 4.74 Å². The smallest absolute Gasteiger partial charge is 0.166 e. The first kappa shape index (κ1) is 14.2. The maximum Gasteiger partial charge on any atom is 0.166 e. The van der Waals surface area contributed by atoms with Crippen LogP contribution in [0.15, 0.2) is 22.5 Å².